The molecular formula is C37H53N. The van der Waals surface area contributed by atoms with Gasteiger partial charge in [0, 0.05) is 18.2 Å². The van der Waals surface area contributed by atoms with E-state index in [1.165, 1.54) is 81.0 Å². The van der Waals surface area contributed by atoms with E-state index < -0.39 is 0 Å². The number of allylic oxidation sites excluding steroid dienone is 3. The molecule has 0 saturated heterocycles. The predicted molar refractivity (Wildman–Crippen MR) is 163 cm³/mol. The molecule has 1 aromatic rings. The smallest absolute Gasteiger partial charge is 0.0128 e. The molecule has 5 aliphatic carbocycles. The van der Waals surface area contributed by atoms with Gasteiger partial charge in [-0.3, -0.25) is 0 Å². The fourth-order valence-corrected chi connectivity index (χ4v) is 12.5. The molecular weight excluding hydrogens is 458 g/mol. The summed E-state index contributed by atoms with van der Waals surface area (Å²) in [4.78, 5) is 0. The summed E-state index contributed by atoms with van der Waals surface area (Å²) in [6.07, 6.45) is 18.4. The van der Waals surface area contributed by atoms with Crippen molar-refractivity contribution >= 4 is 11.6 Å². The molecule has 0 heterocycles. The van der Waals surface area contributed by atoms with Gasteiger partial charge in [-0.1, -0.05) is 90.6 Å². The minimum absolute atomic E-state index is 0.197. The second-order valence-electron chi connectivity index (χ2n) is 15.5. The molecule has 1 aromatic carbocycles. The largest absolute Gasteiger partial charge is 0.391 e. The zero-order valence-electron chi connectivity index (χ0n) is 25.3. The fourth-order valence-electron chi connectivity index (χ4n) is 12.5. The average Bonchev–Trinajstić information content (AvgIpc) is 3.34. The minimum Gasteiger partial charge on any atom is -0.391 e. The van der Waals surface area contributed by atoms with Crippen LogP contribution in [0, 0.1) is 50.7 Å². The highest BCUT2D eigenvalue weighted by Gasteiger charge is 2.68. The Morgan fingerprint density at radius 1 is 0.789 bits per heavy atom. The predicted octanol–water partition coefficient (Wildman–Crippen LogP) is 9.91. The van der Waals surface area contributed by atoms with Crippen LogP contribution in [-0.4, -0.2) is 7.05 Å². The lowest BCUT2D eigenvalue weighted by Gasteiger charge is -2.71. The van der Waals surface area contributed by atoms with Crippen LogP contribution in [0.4, 0.5) is 0 Å². The fraction of sp³-hybridized carbons (Fsp3) is 0.676. The first-order valence-corrected chi connectivity index (χ1v) is 15.8. The quantitative estimate of drug-likeness (QED) is 0.424. The second-order valence-corrected chi connectivity index (χ2v) is 15.5. The lowest BCUT2D eigenvalue weighted by atomic mass is 9.34. The van der Waals surface area contributed by atoms with Gasteiger partial charge in [0.05, 0.1) is 0 Å². The van der Waals surface area contributed by atoms with Gasteiger partial charge in [-0.25, -0.2) is 0 Å². The average molecular weight is 512 g/mol. The molecule has 0 radical (unpaired) electrons. The van der Waals surface area contributed by atoms with Gasteiger partial charge in [0.1, 0.15) is 0 Å². The summed E-state index contributed by atoms with van der Waals surface area (Å²) in [6.45, 7) is 21.9. The summed E-state index contributed by atoms with van der Waals surface area (Å²) in [6, 6.07) is 9.14. The number of fused-ring (bicyclic) bond motifs is 7. The Kier molecular flexibility index (Phi) is 6.00. The molecule has 0 amide bonds. The van der Waals surface area contributed by atoms with E-state index in [-0.39, 0.29) is 5.41 Å². The standard InChI is InChI=1S/C37H53N/c1-9-26-12-14-27(15-13-26)28-16-21-34(5)29(33(28,3)4)17-22-35(6)30(34)18-23-36(7)31(35)19-24-37(25(2)38-8)20-10-11-32(36)37/h9,12-16,29-32,38H,1-2,10-11,17-24H2,3-8H3. The highest BCUT2D eigenvalue weighted by molar-refractivity contribution is 5.72. The molecule has 1 N–H and O–H groups in total. The van der Waals surface area contributed by atoms with Crippen LogP contribution in [0.2, 0.25) is 0 Å². The van der Waals surface area contributed by atoms with Gasteiger partial charge in [-0.2, -0.15) is 0 Å². The number of benzene rings is 1. The third-order valence-corrected chi connectivity index (χ3v) is 14.1. The maximum absolute atomic E-state index is 4.60. The molecule has 0 aromatic heterocycles. The van der Waals surface area contributed by atoms with Crippen molar-refractivity contribution in [3.8, 4) is 0 Å². The highest BCUT2D eigenvalue weighted by atomic mass is 14.9. The molecule has 5 aliphatic rings. The topological polar surface area (TPSA) is 12.0 Å². The van der Waals surface area contributed by atoms with E-state index in [2.05, 4.69) is 90.5 Å². The Morgan fingerprint density at radius 2 is 1.39 bits per heavy atom. The first kappa shape index (κ1) is 26.5. The van der Waals surface area contributed by atoms with E-state index in [1.807, 2.05) is 6.08 Å². The Balaban J connectivity index is 1.35. The SMILES string of the molecule is C=Cc1ccc(C2=CCC3(C)C(CCC4(C)C3CCC3(C)C5CCCC5(C(=C)NC)CCC34)C2(C)C)cc1. The van der Waals surface area contributed by atoms with Crippen LogP contribution in [0.1, 0.15) is 110 Å². The molecule has 0 bridgehead atoms. The molecule has 8 unspecified atom stereocenters. The van der Waals surface area contributed by atoms with Crippen molar-refractivity contribution < 1.29 is 0 Å². The zero-order valence-corrected chi connectivity index (χ0v) is 25.3. The maximum Gasteiger partial charge on any atom is 0.0128 e. The Morgan fingerprint density at radius 3 is 2.05 bits per heavy atom. The molecule has 6 rings (SSSR count). The third-order valence-electron chi connectivity index (χ3n) is 14.1. The molecule has 38 heavy (non-hydrogen) atoms. The normalized spacial score (nSPS) is 45.1. The molecule has 4 fully saturated rings. The number of hydrogen-bond donors (Lipinski definition) is 1. The lowest BCUT2D eigenvalue weighted by Crippen LogP contribution is -2.64. The van der Waals surface area contributed by atoms with Crippen LogP contribution in [0.25, 0.3) is 11.6 Å². The summed E-state index contributed by atoms with van der Waals surface area (Å²) < 4.78 is 0. The van der Waals surface area contributed by atoms with Crippen molar-refractivity contribution in [2.45, 2.75) is 98.8 Å². The lowest BCUT2D eigenvalue weighted by molar-refractivity contribution is -0.207. The van der Waals surface area contributed by atoms with Crippen molar-refractivity contribution in [2.24, 2.45) is 50.7 Å². The summed E-state index contributed by atoms with van der Waals surface area (Å²) in [5, 5.41) is 3.55. The van der Waals surface area contributed by atoms with Crippen LogP contribution >= 0.6 is 0 Å². The third kappa shape index (κ3) is 3.29. The molecule has 8 atom stereocenters. The number of hydrogen-bond acceptors (Lipinski definition) is 1. The van der Waals surface area contributed by atoms with Crippen molar-refractivity contribution in [1.82, 2.24) is 5.32 Å². The van der Waals surface area contributed by atoms with Crippen molar-refractivity contribution in [3.05, 3.63) is 60.3 Å². The van der Waals surface area contributed by atoms with Gasteiger partial charge in [-0.15, -0.1) is 0 Å². The minimum atomic E-state index is 0.197. The first-order valence-electron chi connectivity index (χ1n) is 15.8. The van der Waals surface area contributed by atoms with Gasteiger partial charge in [0.25, 0.3) is 0 Å². The van der Waals surface area contributed by atoms with Gasteiger partial charge in [0.15, 0.2) is 0 Å². The van der Waals surface area contributed by atoms with Crippen molar-refractivity contribution in [2.75, 3.05) is 7.05 Å². The van der Waals surface area contributed by atoms with E-state index in [1.54, 1.807) is 5.57 Å². The zero-order chi connectivity index (χ0) is 27.1. The summed E-state index contributed by atoms with van der Waals surface area (Å²) in [5.74, 6) is 3.24. The van der Waals surface area contributed by atoms with Gasteiger partial charge in [-0.05, 0) is 120 Å². The van der Waals surface area contributed by atoms with Crippen LogP contribution in [0.5, 0.6) is 0 Å². The van der Waals surface area contributed by atoms with Crippen molar-refractivity contribution in [1.29, 1.82) is 0 Å². The van der Waals surface area contributed by atoms with E-state index >= 15 is 0 Å². The highest BCUT2D eigenvalue weighted by Crippen LogP contribution is 2.76. The Hall–Kier alpha value is -1.76. The molecule has 1 heteroatoms. The van der Waals surface area contributed by atoms with E-state index in [0.717, 1.165) is 23.7 Å². The maximum atomic E-state index is 4.60. The van der Waals surface area contributed by atoms with E-state index in [4.69, 9.17) is 0 Å². The number of rotatable bonds is 4. The molecule has 4 saturated carbocycles. The molecule has 206 valence electrons. The van der Waals surface area contributed by atoms with Crippen LogP contribution in [0.3, 0.4) is 0 Å². The van der Waals surface area contributed by atoms with Gasteiger partial charge >= 0.3 is 0 Å². The van der Waals surface area contributed by atoms with Gasteiger partial charge < -0.3 is 5.32 Å². The van der Waals surface area contributed by atoms with Crippen LogP contribution in [-0.2, 0) is 0 Å². The second kappa shape index (κ2) is 8.62. The Bertz CT molecular complexity index is 1150. The molecule has 0 aliphatic heterocycles. The first-order chi connectivity index (χ1) is 18.0. The molecule has 1 nitrogen and oxygen atoms in total. The summed E-state index contributed by atoms with van der Waals surface area (Å²) in [7, 11) is 2.11. The Labute approximate surface area is 233 Å². The molecule has 0 spiro atoms. The van der Waals surface area contributed by atoms with Crippen LogP contribution < -0.4 is 5.32 Å². The van der Waals surface area contributed by atoms with E-state index in [0.29, 0.717) is 21.7 Å². The van der Waals surface area contributed by atoms with Gasteiger partial charge in [0.2, 0.25) is 0 Å². The summed E-state index contributed by atoms with van der Waals surface area (Å²) >= 11 is 0. The summed E-state index contributed by atoms with van der Waals surface area (Å²) in [5.41, 5.74) is 7.40. The number of nitrogens with one attached hydrogen (secondary N) is 1. The van der Waals surface area contributed by atoms with E-state index in [9.17, 15) is 0 Å². The van der Waals surface area contributed by atoms with Crippen molar-refractivity contribution in [3.63, 3.8) is 0 Å². The monoisotopic (exact) mass is 511 g/mol. The van der Waals surface area contributed by atoms with Crippen LogP contribution in [0.15, 0.2) is 49.2 Å².